The third-order valence-electron chi connectivity index (χ3n) is 6.03. The van der Waals surface area contributed by atoms with E-state index in [1.807, 2.05) is 6.92 Å². The SMILES string of the molecule is CCOc1cc2c(cc1B1OC(C)(C)C(C)(C)O1)C(C)=CCC2(C)C. The molecular weight excluding hydrogens is 311 g/mol. The third kappa shape index (κ3) is 3.04. The summed E-state index contributed by atoms with van der Waals surface area (Å²) < 4.78 is 18.6. The second kappa shape index (κ2) is 5.89. The zero-order valence-electron chi connectivity index (χ0n) is 16.9. The van der Waals surface area contributed by atoms with Crippen LogP contribution in [0.25, 0.3) is 5.57 Å². The molecular formula is C21H31BO3. The van der Waals surface area contributed by atoms with Gasteiger partial charge in [0.25, 0.3) is 0 Å². The molecule has 0 aromatic heterocycles. The van der Waals surface area contributed by atoms with Crippen molar-refractivity contribution in [3.8, 4) is 5.75 Å². The van der Waals surface area contributed by atoms with Crippen molar-refractivity contribution in [2.45, 2.75) is 78.4 Å². The molecule has 0 bridgehead atoms. The predicted molar refractivity (Wildman–Crippen MR) is 105 cm³/mol. The molecule has 1 saturated heterocycles. The number of ether oxygens (including phenoxy) is 1. The Kier molecular flexibility index (Phi) is 4.36. The zero-order chi connectivity index (χ0) is 18.6. The maximum Gasteiger partial charge on any atom is 0.498 e. The minimum atomic E-state index is -0.408. The highest BCUT2D eigenvalue weighted by molar-refractivity contribution is 6.63. The third-order valence-corrected chi connectivity index (χ3v) is 6.03. The van der Waals surface area contributed by atoms with E-state index in [0.29, 0.717) is 6.61 Å². The lowest BCUT2D eigenvalue weighted by atomic mass is 9.69. The summed E-state index contributed by atoms with van der Waals surface area (Å²) in [6, 6.07) is 4.42. The first-order valence-electron chi connectivity index (χ1n) is 9.32. The van der Waals surface area contributed by atoms with Crippen molar-refractivity contribution in [2.75, 3.05) is 6.61 Å². The monoisotopic (exact) mass is 342 g/mol. The summed E-state index contributed by atoms with van der Waals surface area (Å²) >= 11 is 0. The summed E-state index contributed by atoms with van der Waals surface area (Å²) in [7, 11) is -0.408. The van der Waals surface area contributed by atoms with E-state index in [9.17, 15) is 0 Å². The van der Waals surface area contributed by atoms with Crippen molar-refractivity contribution in [1.82, 2.24) is 0 Å². The summed E-state index contributed by atoms with van der Waals surface area (Å²) in [5.74, 6) is 0.877. The number of hydrogen-bond donors (Lipinski definition) is 0. The molecule has 1 aliphatic carbocycles. The lowest BCUT2D eigenvalue weighted by Crippen LogP contribution is -2.41. The highest BCUT2D eigenvalue weighted by Crippen LogP contribution is 2.42. The Balaban J connectivity index is 2.12. The molecule has 3 nitrogen and oxygen atoms in total. The molecule has 0 amide bonds. The summed E-state index contributed by atoms with van der Waals surface area (Å²) in [4.78, 5) is 0. The average molecular weight is 342 g/mol. The Morgan fingerprint density at radius 2 is 1.64 bits per heavy atom. The molecule has 3 rings (SSSR count). The summed E-state index contributed by atoms with van der Waals surface area (Å²) in [6.45, 7) is 17.7. The van der Waals surface area contributed by atoms with Gasteiger partial charge in [-0.15, -0.1) is 0 Å². The molecule has 1 aliphatic heterocycles. The van der Waals surface area contributed by atoms with Crippen molar-refractivity contribution in [3.63, 3.8) is 0 Å². The van der Waals surface area contributed by atoms with Gasteiger partial charge in [0.05, 0.1) is 17.8 Å². The molecule has 1 fully saturated rings. The van der Waals surface area contributed by atoms with Gasteiger partial charge in [0.1, 0.15) is 5.75 Å². The van der Waals surface area contributed by atoms with Crippen LogP contribution in [-0.2, 0) is 14.7 Å². The zero-order valence-corrected chi connectivity index (χ0v) is 16.9. The molecule has 136 valence electrons. The van der Waals surface area contributed by atoms with Gasteiger partial charge in [-0.05, 0) is 76.1 Å². The van der Waals surface area contributed by atoms with E-state index < -0.39 is 7.12 Å². The van der Waals surface area contributed by atoms with Crippen molar-refractivity contribution in [3.05, 3.63) is 29.3 Å². The molecule has 0 unspecified atom stereocenters. The van der Waals surface area contributed by atoms with E-state index in [0.717, 1.165) is 17.6 Å². The van der Waals surface area contributed by atoms with Crippen molar-refractivity contribution >= 4 is 18.2 Å². The highest BCUT2D eigenvalue weighted by Gasteiger charge is 2.52. The van der Waals surface area contributed by atoms with Gasteiger partial charge < -0.3 is 14.0 Å². The fourth-order valence-electron chi connectivity index (χ4n) is 3.55. The molecule has 0 atom stereocenters. The number of hydrogen-bond acceptors (Lipinski definition) is 3. The maximum absolute atomic E-state index is 6.29. The van der Waals surface area contributed by atoms with E-state index in [4.69, 9.17) is 14.0 Å². The van der Waals surface area contributed by atoms with E-state index >= 15 is 0 Å². The molecule has 2 aliphatic rings. The first-order chi connectivity index (χ1) is 11.5. The number of fused-ring (bicyclic) bond motifs is 1. The van der Waals surface area contributed by atoms with Gasteiger partial charge in [-0.3, -0.25) is 0 Å². The van der Waals surface area contributed by atoms with Gasteiger partial charge in [-0.25, -0.2) is 0 Å². The number of allylic oxidation sites excluding steroid dienone is 2. The topological polar surface area (TPSA) is 27.7 Å². The van der Waals surface area contributed by atoms with Gasteiger partial charge in [-0.2, -0.15) is 0 Å². The van der Waals surface area contributed by atoms with E-state index in [2.05, 4.69) is 66.7 Å². The smallest absolute Gasteiger partial charge is 0.494 e. The average Bonchev–Trinajstić information content (AvgIpc) is 2.72. The van der Waals surface area contributed by atoms with Crippen LogP contribution in [0.5, 0.6) is 5.75 Å². The van der Waals surface area contributed by atoms with E-state index in [1.165, 1.54) is 16.7 Å². The van der Waals surface area contributed by atoms with Crippen LogP contribution in [0.2, 0.25) is 0 Å². The van der Waals surface area contributed by atoms with Crippen LogP contribution < -0.4 is 10.2 Å². The fourth-order valence-corrected chi connectivity index (χ4v) is 3.55. The molecule has 1 aromatic carbocycles. The largest absolute Gasteiger partial charge is 0.498 e. The quantitative estimate of drug-likeness (QED) is 0.759. The Bertz CT molecular complexity index is 700. The van der Waals surface area contributed by atoms with E-state index in [1.54, 1.807) is 0 Å². The molecule has 0 spiro atoms. The Morgan fingerprint density at radius 1 is 1.04 bits per heavy atom. The number of benzene rings is 1. The summed E-state index contributed by atoms with van der Waals surface area (Å²) in [6.07, 6.45) is 3.38. The standard InChI is InChI=1S/C21H31BO3/c1-9-23-18-13-16-15(14(2)10-11-19(16,3)4)12-17(18)22-24-20(5,6)21(7,8)25-22/h10,12-13H,9,11H2,1-8H3. The fraction of sp³-hybridized carbons (Fsp3) is 0.619. The molecule has 0 N–H and O–H groups in total. The van der Waals surface area contributed by atoms with Crippen LogP contribution in [0.4, 0.5) is 0 Å². The first kappa shape index (κ1) is 18.5. The predicted octanol–water partition coefficient (Wildman–Crippen LogP) is 4.47. The summed E-state index contributed by atoms with van der Waals surface area (Å²) in [5, 5.41) is 0. The molecule has 1 aromatic rings. The Labute approximate surface area is 152 Å². The van der Waals surface area contributed by atoms with Crippen LogP contribution >= 0.6 is 0 Å². The second-order valence-electron chi connectivity index (χ2n) is 8.93. The molecule has 1 heterocycles. The van der Waals surface area contributed by atoms with Crippen molar-refractivity contribution in [2.24, 2.45) is 0 Å². The van der Waals surface area contributed by atoms with Crippen LogP contribution in [0.15, 0.2) is 18.2 Å². The van der Waals surface area contributed by atoms with Gasteiger partial charge in [-0.1, -0.05) is 26.0 Å². The minimum Gasteiger partial charge on any atom is -0.494 e. The molecule has 0 saturated carbocycles. The first-order valence-corrected chi connectivity index (χ1v) is 9.32. The number of rotatable bonds is 3. The lowest BCUT2D eigenvalue weighted by molar-refractivity contribution is 0.00578. The normalized spacial score (nSPS) is 23.2. The van der Waals surface area contributed by atoms with Crippen LogP contribution in [0, 0.1) is 0 Å². The minimum absolute atomic E-state index is 0.106. The summed E-state index contributed by atoms with van der Waals surface area (Å²) in [5.41, 5.74) is 4.32. The molecule has 0 radical (unpaired) electrons. The van der Waals surface area contributed by atoms with E-state index in [-0.39, 0.29) is 16.6 Å². The Hall–Kier alpha value is -1.26. The van der Waals surface area contributed by atoms with Gasteiger partial charge in [0, 0.05) is 5.46 Å². The lowest BCUT2D eigenvalue weighted by Gasteiger charge is -2.32. The Morgan fingerprint density at radius 3 is 2.20 bits per heavy atom. The van der Waals surface area contributed by atoms with Crippen molar-refractivity contribution < 1.29 is 14.0 Å². The van der Waals surface area contributed by atoms with Crippen LogP contribution in [0.3, 0.4) is 0 Å². The van der Waals surface area contributed by atoms with Crippen LogP contribution in [0.1, 0.15) is 72.9 Å². The van der Waals surface area contributed by atoms with Gasteiger partial charge >= 0.3 is 7.12 Å². The van der Waals surface area contributed by atoms with Crippen molar-refractivity contribution in [1.29, 1.82) is 0 Å². The van der Waals surface area contributed by atoms with Gasteiger partial charge in [0.2, 0.25) is 0 Å². The highest BCUT2D eigenvalue weighted by atomic mass is 16.7. The second-order valence-corrected chi connectivity index (χ2v) is 8.93. The van der Waals surface area contributed by atoms with Gasteiger partial charge in [0.15, 0.2) is 0 Å². The molecule has 25 heavy (non-hydrogen) atoms. The van der Waals surface area contributed by atoms with Crippen LogP contribution in [-0.4, -0.2) is 24.9 Å². The molecule has 4 heteroatoms. The maximum atomic E-state index is 6.29.